The summed E-state index contributed by atoms with van der Waals surface area (Å²) in [6, 6.07) is -0.948. The molecular formula is C56H97NO13. The van der Waals surface area contributed by atoms with Gasteiger partial charge in [0.05, 0.1) is 32.0 Å². The van der Waals surface area contributed by atoms with E-state index in [1.807, 2.05) is 12.2 Å². The first-order chi connectivity index (χ1) is 34.1. The van der Waals surface area contributed by atoms with Gasteiger partial charge in [0.2, 0.25) is 5.91 Å². The number of hydrogen-bond donors (Lipinski definition) is 9. The second-order valence-corrected chi connectivity index (χ2v) is 19.0. The number of hydrogen-bond acceptors (Lipinski definition) is 13. The van der Waals surface area contributed by atoms with E-state index < -0.39 is 86.8 Å². The summed E-state index contributed by atoms with van der Waals surface area (Å²) in [5.74, 6) is -0.298. The number of ether oxygens (including phenoxy) is 4. The van der Waals surface area contributed by atoms with Crippen molar-refractivity contribution in [3.8, 4) is 0 Å². The van der Waals surface area contributed by atoms with E-state index in [2.05, 4.69) is 73.8 Å². The Balaban J connectivity index is 1.85. The molecule has 2 rings (SSSR count). The molecule has 12 atom stereocenters. The summed E-state index contributed by atoms with van der Waals surface area (Å²) >= 11 is 0. The standard InChI is InChI=1S/C56H97NO13/c1-3-5-7-9-11-13-15-17-19-21-22-24-25-27-29-31-33-35-37-39-45(60)44(57-48(61)40-38-36-34-32-30-28-26-23-20-18-16-14-12-10-8-6-4-2)43-67-55-53(66)51(64)54(47(42-59)69-55)70-56-52(65)50(63)49(62)46(41-58)68-56/h6,8,12,14,18,20,26,28,32,34,37,39,44-47,49-56,58-60,62-66H,3-5,7,9-11,13,15-17,19,21-25,27,29-31,33,35-36,38,40-43H2,1-2H3,(H,57,61)/b8-6-,14-12-,20-18-,28-26-,34-32-,39-37+. The quantitative estimate of drug-likeness (QED) is 0.0209. The van der Waals surface area contributed by atoms with E-state index >= 15 is 0 Å². The number of aliphatic hydroxyl groups is 8. The van der Waals surface area contributed by atoms with E-state index in [0.29, 0.717) is 12.8 Å². The molecule has 2 aliphatic rings. The predicted octanol–water partition coefficient (Wildman–Crippen LogP) is 7.99. The molecule has 9 N–H and O–H groups in total. The van der Waals surface area contributed by atoms with Gasteiger partial charge < -0.3 is 65.1 Å². The third-order valence-electron chi connectivity index (χ3n) is 12.9. The molecule has 14 heteroatoms. The molecule has 2 aliphatic heterocycles. The lowest BCUT2D eigenvalue weighted by Gasteiger charge is -2.46. The first-order valence-electron chi connectivity index (χ1n) is 27.2. The van der Waals surface area contributed by atoms with E-state index in [9.17, 15) is 45.6 Å². The molecule has 0 saturated carbocycles. The van der Waals surface area contributed by atoms with Crippen molar-refractivity contribution in [1.29, 1.82) is 0 Å². The SMILES string of the molecule is CC/C=C\C/C=C\C/C=C\C/C=C\C/C=C\CCCC(=O)NC(COC1OC(CO)C(OC2OC(CO)C(O)C(O)C2O)C(O)C1O)C(O)/C=C/CCCCCCCCCCCCCCCCCCC. The van der Waals surface area contributed by atoms with Crippen molar-refractivity contribution in [2.45, 2.75) is 254 Å². The Kier molecular flexibility index (Phi) is 38.0. The normalized spacial score (nSPS) is 26.5. The van der Waals surface area contributed by atoms with Gasteiger partial charge in [0.15, 0.2) is 12.6 Å². The maximum absolute atomic E-state index is 13.2. The summed E-state index contributed by atoms with van der Waals surface area (Å²) in [5.41, 5.74) is 0. The molecular weight excluding hydrogens is 895 g/mol. The maximum Gasteiger partial charge on any atom is 0.220 e. The van der Waals surface area contributed by atoms with Crippen LogP contribution >= 0.6 is 0 Å². The smallest absolute Gasteiger partial charge is 0.220 e. The fourth-order valence-electron chi connectivity index (χ4n) is 8.50. The van der Waals surface area contributed by atoms with Crippen molar-refractivity contribution in [3.05, 3.63) is 72.9 Å². The molecule has 0 aromatic rings. The molecule has 1 amide bonds. The van der Waals surface area contributed by atoms with Gasteiger partial charge in [0.25, 0.3) is 0 Å². The molecule has 12 unspecified atom stereocenters. The lowest BCUT2D eigenvalue weighted by molar-refractivity contribution is -0.359. The predicted molar refractivity (Wildman–Crippen MR) is 277 cm³/mol. The molecule has 2 saturated heterocycles. The first kappa shape index (κ1) is 63.5. The topological polar surface area (TPSA) is 228 Å². The zero-order valence-electron chi connectivity index (χ0n) is 43.0. The number of rotatable bonds is 41. The number of nitrogens with one attached hydrogen (secondary N) is 1. The van der Waals surface area contributed by atoms with Gasteiger partial charge in [-0.15, -0.1) is 0 Å². The first-order valence-corrected chi connectivity index (χ1v) is 27.2. The van der Waals surface area contributed by atoms with Crippen LogP contribution in [-0.4, -0.2) is 140 Å². The van der Waals surface area contributed by atoms with Crippen molar-refractivity contribution in [3.63, 3.8) is 0 Å². The highest BCUT2D eigenvalue weighted by Gasteiger charge is 2.51. The van der Waals surface area contributed by atoms with Gasteiger partial charge in [-0.2, -0.15) is 0 Å². The van der Waals surface area contributed by atoms with Crippen LogP contribution in [0.3, 0.4) is 0 Å². The average Bonchev–Trinajstić information content (AvgIpc) is 3.36. The Bertz CT molecular complexity index is 1450. The van der Waals surface area contributed by atoms with E-state index in [-0.39, 0.29) is 18.9 Å². The second-order valence-electron chi connectivity index (χ2n) is 19.0. The minimum absolute atomic E-state index is 0.200. The highest BCUT2D eigenvalue weighted by Crippen LogP contribution is 2.30. The van der Waals surface area contributed by atoms with Crippen LogP contribution in [-0.2, 0) is 23.7 Å². The van der Waals surface area contributed by atoms with E-state index in [1.54, 1.807) is 6.08 Å². The molecule has 0 aromatic heterocycles. The molecule has 0 spiro atoms. The maximum atomic E-state index is 13.2. The lowest BCUT2D eigenvalue weighted by Crippen LogP contribution is -2.65. The Morgan fingerprint density at radius 1 is 0.529 bits per heavy atom. The molecule has 0 aromatic carbocycles. The van der Waals surface area contributed by atoms with E-state index in [4.69, 9.17) is 18.9 Å². The number of aliphatic hydroxyl groups excluding tert-OH is 8. The van der Waals surface area contributed by atoms with Crippen LogP contribution in [0, 0.1) is 0 Å². The van der Waals surface area contributed by atoms with Crippen LogP contribution < -0.4 is 5.32 Å². The van der Waals surface area contributed by atoms with Crippen molar-refractivity contribution in [2.75, 3.05) is 19.8 Å². The monoisotopic (exact) mass is 992 g/mol. The fourth-order valence-corrected chi connectivity index (χ4v) is 8.50. The van der Waals surface area contributed by atoms with Crippen LogP contribution in [0.4, 0.5) is 0 Å². The van der Waals surface area contributed by atoms with Gasteiger partial charge in [-0.3, -0.25) is 4.79 Å². The fraction of sp³-hybridized carbons (Fsp3) is 0.768. The Morgan fingerprint density at radius 2 is 0.986 bits per heavy atom. The number of carbonyl (C=O) groups excluding carboxylic acids is 1. The molecule has 0 radical (unpaired) electrons. The Labute approximate surface area is 421 Å². The van der Waals surface area contributed by atoms with Gasteiger partial charge >= 0.3 is 0 Å². The molecule has 404 valence electrons. The lowest BCUT2D eigenvalue weighted by atomic mass is 9.97. The molecule has 14 nitrogen and oxygen atoms in total. The van der Waals surface area contributed by atoms with Crippen molar-refractivity contribution in [1.82, 2.24) is 5.32 Å². The molecule has 2 fully saturated rings. The summed E-state index contributed by atoms with van der Waals surface area (Å²) in [6.07, 6.45) is 36.6. The summed E-state index contributed by atoms with van der Waals surface area (Å²) in [4.78, 5) is 13.2. The van der Waals surface area contributed by atoms with Crippen LogP contribution in [0.2, 0.25) is 0 Å². The number of allylic oxidation sites excluding steroid dienone is 11. The van der Waals surface area contributed by atoms with Crippen LogP contribution in [0.5, 0.6) is 0 Å². The van der Waals surface area contributed by atoms with Crippen LogP contribution in [0.25, 0.3) is 0 Å². The Morgan fingerprint density at radius 3 is 1.50 bits per heavy atom. The highest BCUT2D eigenvalue weighted by atomic mass is 16.7. The number of carbonyl (C=O) groups is 1. The van der Waals surface area contributed by atoms with Crippen LogP contribution in [0.15, 0.2) is 72.9 Å². The highest BCUT2D eigenvalue weighted by molar-refractivity contribution is 5.76. The van der Waals surface area contributed by atoms with Crippen molar-refractivity contribution in [2.24, 2.45) is 0 Å². The van der Waals surface area contributed by atoms with Gasteiger partial charge in [-0.1, -0.05) is 189 Å². The summed E-state index contributed by atoms with van der Waals surface area (Å²) in [6.45, 7) is 2.63. The van der Waals surface area contributed by atoms with Gasteiger partial charge in [0, 0.05) is 6.42 Å². The van der Waals surface area contributed by atoms with E-state index in [1.165, 1.54) is 96.3 Å². The Hall–Kier alpha value is -2.57. The van der Waals surface area contributed by atoms with E-state index in [0.717, 1.165) is 51.4 Å². The molecule has 70 heavy (non-hydrogen) atoms. The minimum atomic E-state index is -1.80. The second kappa shape index (κ2) is 41.9. The van der Waals surface area contributed by atoms with Crippen molar-refractivity contribution < 1.29 is 64.6 Å². The van der Waals surface area contributed by atoms with Gasteiger partial charge in [-0.05, 0) is 57.8 Å². The van der Waals surface area contributed by atoms with Crippen LogP contribution in [0.1, 0.15) is 181 Å². The van der Waals surface area contributed by atoms with Gasteiger partial charge in [-0.25, -0.2) is 0 Å². The minimum Gasteiger partial charge on any atom is -0.394 e. The van der Waals surface area contributed by atoms with Crippen molar-refractivity contribution >= 4 is 5.91 Å². The molecule has 2 heterocycles. The summed E-state index contributed by atoms with van der Waals surface area (Å²) in [5, 5.41) is 86.9. The molecule has 0 bridgehead atoms. The zero-order valence-corrected chi connectivity index (χ0v) is 43.0. The molecule has 0 aliphatic carbocycles. The zero-order chi connectivity index (χ0) is 51.0. The number of amides is 1. The largest absolute Gasteiger partial charge is 0.394 e. The number of unbranched alkanes of at least 4 members (excludes halogenated alkanes) is 18. The third kappa shape index (κ3) is 28.0. The summed E-state index contributed by atoms with van der Waals surface area (Å²) in [7, 11) is 0. The average molecular weight is 992 g/mol. The summed E-state index contributed by atoms with van der Waals surface area (Å²) < 4.78 is 22.7. The third-order valence-corrected chi connectivity index (χ3v) is 12.9. The van der Waals surface area contributed by atoms with Gasteiger partial charge in [0.1, 0.15) is 48.8 Å².